The van der Waals surface area contributed by atoms with Crippen molar-refractivity contribution in [3.8, 4) is 11.5 Å². The van der Waals surface area contributed by atoms with Crippen molar-refractivity contribution in [3.63, 3.8) is 0 Å². The molecule has 0 heterocycles. The zero-order chi connectivity index (χ0) is 21.1. The normalized spacial score (nSPS) is 11.8. The second-order valence-corrected chi connectivity index (χ2v) is 6.30. The van der Waals surface area contributed by atoms with Crippen LogP contribution in [0, 0.1) is 0 Å². The minimum atomic E-state index is -1.01. The summed E-state index contributed by atoms with van der Waals surface area (Å²) in [5.74, 6) is 0.132. The van der Waals surface area contributed by atoms with E-state index < -0.39 is 12.0 Å². The molecular formula is C21H27N3O5. The number of carboxylic acid groups (broad SMARTS) is 1. The molecule has 0 aromatic heterocycles. The van der Waals surface area contributed by atoms with Gasteiger partial charge in [-0.3, -0.25) is 5.21 Å². The SMILES string of the molecule is CCCOc1ccc(C(Nc2ccc(/C=N\NO)cc2)C(=O)O)cc1OCCC. The molecule has 0 spiro atoms. The van der Waals surface area contributed by atoms with E-state index in [1.165, 1.54) is 6.21 Å². The van der Waals surface area contributed by atoms with E-state index in [9.17, 15) is 9.90 Å². The topological polar surface area (TPSA) is 112 Å². The summed E-state index contributed by atoms with van der Waals surface area (Å²) in [6, 6.07) is 11.2. The molecule has 2 rings (SSSR count). The third-order valence-corrected chi connectivity index (χ3v) is 3.96. The second-order valence-electron chi connectivity index (χ2n) is 6.30. The van der Waals surface area contributed by atoms with Gasteiger partial charge in [0.1, 0.15) is 0 Å². The molecule has 2 aromatic carbocycles. The number of benzene rings is 2. The Morgan fingerprint density at radius 3 is 2.31 bits per heavy atom. The van der Waals surface area contributed by atoms with E-state index in [0.717, 1.165) is 18.4 Å². The number of carbonyl (C=O) groups is 1. The Morgan fingerprint density at radius 2 is 1.72 bits per heavy atom. The van der Waals surface area contributed by atoms with Crippen LogP contribution in [0.5, 0.6) is 11.5 Å². The number of aliphatic carboxylic acids is 1. The van der Waals surface area contributed by atoms with E-state index in [0.29, 0.717) is 36.0 Å². The fraction of sp³-hybridized carbons (Fsp3) is 0.333. The minimum Gasteiger partial charge on any atom is -0.490 e. The van der Waals surface area contributed by atoms with Crippen molar-refractivity contribution in [2.75, 3.05) is 18.5 Å². The molecule has 1 atom stereocenters. The number of anilines is 1. The predicted molar refractivity (Wildman–Crippen MR) is 111 cm³/mol. The first-order chi connectivity index (χ1) is 14.1. The van der Waals surface area contributed by atoms with Crippen molar-refractivity contribution in [2.24, 2.45) is 5.10 Å². The van der Waals surface area contributed by atoms with Crippen LogP contribution in [0.15, 0.2) is 47.6 Å². The van der Waals surface area contributed by atoms with E-state index in [1.54, 1.807) is 48.1 Å². The number of rotatable bonds is 12. The average molecular weight is 401 g/mol. The maximum Gasteiger partial charge on any atom is 0.330 e. The number of hydrazone groups is 1. The minimum absolute atomic E-state index is 0.517. The Labute approximate surface area is 170 Å². The summed E-state index contributed by atoms with van der Waals surface area (Å²) in [5, 5.41) is 24.8. The molecule has 0 aliphatic carbocycles. The van der Waals surface area contributed by atoms with E-state index >= 15 is 0 Å². The molecule has 0 amide bonds. The van der Waals surface area contributed by atoms with Gasteiger partial charge in [0.2, 0.25) is 0 Å². The van der Waals surface area contributed by atoms with E-state index in [1.807, 2.05) is 13.8 Å². The molecule has 0 aliphatic heterocycles. The monoisotopic (exact) mass is 401 g/mol. The second kappa shape index (κ2) is 11.6. The maximum absolute atomic E-state index is 11.9. The third kappa shape index (κ3) is 6.69. The van der Waals surface area contributed by atoms with Crippen LogP contribution in [0.25, 0.3) is 0 Å². The quantitative estimate of drug-likeness (QED) is 0.316. The zero-order valence-electron chi connectivity index (χ0n) is 16.6. The highest BCUT2D eigenvalue weighted by molar-refractivity contribution is 5.82. The molecule has 8 heteroatoms. The van der Waals surface area contributed by atoms with Crippen molar-refractivity contribution in [1.29, 1.82) is 0 Å². The summed E-state index contributed by atoms with van der Waals surface area (Å²) >= 11 is 0. The standard InChI is InChI=1S/C21H27N3O5/c1-3-11-28-18-10-7-16(13-19(18)29-12-4-2)20(21(25)26)23-17-8-5-15(6-9-17)14-22-24-27/h5-10,13-14,20,23-24,27H,3-4,11-12H2,1-2H3,(H,25,26)/b22-14-. The van der Waals surface area contributed by atoms with Gasteiger partial charge in [-0.25, -0.2) is 4.79 Å². The maximum atomic E-state index is 11.9. The summed E-state index contributed by atoms with van der Waals surface area (Å²) in [4.78, 5) is 11.9. The van der Waals surface area contributed by atoms with E-state index in [-0.39, 0.29) is 0 Å². The van der Waals surface area contributed by atoms with Crippen molar-refractivity contribution >= 4 is 17.9 Å². The lowest BCUT2D eigenvalue weighted by Crippen LogP contribution is -2.20. The molecule has 2 aromatic rings. The first-order valence-electron chi connectivity index (χ1n) is 9.50. The van der Waals surface area contributed by atoms with Crippen molar-refractivity contribution < 1.29 is 24.6 Å². The van der Waals surface area contributed by atoms with Crippen LogP contribution >= 0.6 is 0 Å². The van der Waals surface area contributed by atoms with Gasteiger partial charge in [-0.2, -0.15) is 10.7 Å². The Morgan fingerprint density at radius 1 is 1.07 bits per heavy atom. The van der Waals surface area contributed by atoms with Gasteiger partial charge in [0, 0.05) is 5.69 Å². The first-order valence-corrected chi connectivity index (χ1v) is 9.50. The Bertz CT molecular complexity index is 808. The molecule has 29 heavy (non-hydrogen) atoms. The lowest BCUT2D eigenvalue weighted by atomic mass is 10.1. The van der Waals surface area contributed by atoms with Crippen molar-refractivity contribution in [1.82, 2.24) is 5.59 Å². The zero-order valence-corrected chi connectivity index (χ0v) is 16.6. The molecule has 8 nitrogen and oxygen atoms in total. The highest BCUT2D eigenvalue weighted by Gasteiger charge is 2.21. The third-order valence-electron chi connectivity index (χ3n) is 3.96. The Balaban J connectivity index is 2.24. The molecule has 0 fully saturated rings. The predicted octanol–water partition coefficient (Wildman–Crippen LogP) is 3.81. The summed E-state index contributed by atoms with van der Waals surface area (Å²) in [5.41, 5.74) is 3.63. The number of carboxylic acids is 1. The molecule has 0 aliphatic rings. The molecule has 0 saturated carbocycles. The molecular weight excluding hydrogens is 374 g/mol. The van der Waals surface area contributed by atoms with Crippen LogP contribution < -0.4 is 20.4 Å². The molecule has 156 valence electrons. The number of hydrogen-bond acceptors (Lipinski definition) is 7. The van der Waals surface area contributed by atoms with Crippen molar-refractivity contribution in [2.45, 2.75) is 32.7 Å². The van der Waals surface area contributed by atoms with Gasteiger partial charge in [0.15, 0.2) is 17.5 Å². The molecule has 0 radical (unpaired) electrons. The summed E-state index contributed by atoms with van der Waals surface area (Å²) in [6.45, 7) is 5.10. The number of nitrogens with one attached hydrogen (secondary N) is 2. The summed E-state index contributed by atoms with van der Waals surface area (Å²) < 4.78 is 11.5. The van der Waals surface area contributed by atoms with Gasteiger partial charge in [-0.15, -0.1) is 0 Å². The fourth-order valence-electron chi connectivity index (χ4n) is 2.58. The molecule has 4 N–H and O–H groups in total. The average Bonchev–Trinajstić information content (AvgIpc) is 2.74. The van der Waals surface area contributed by atoms with Gasteiger partial charge in [-0.05, 0) is 48.2 Å². The molecule has 0 bridgehead atoms. The van der Waals surface area contributed by atoms with Crippen molar-refractivity contribution in [3.05, 3.63) is 53.6 Å². The van der Waals surface area contributed by atoms with Gasteiger partial charge < -0.3 is 19.9 Å². The van der Waals surface area contributed by atoms with Crippen LogP contribution in [-0.4, -0.2) is 35.7 Å². The number of hydrogen-bond donors (Lipinski definition) is 4. The van der Waals surface area contributed by atoms with E-state index in [2.05, 4.69) is 10.4 Å². The first kappa shape index (κ1) is 22.0. The number of nitrogens with zero attached hydrogens (tertiary/aromatic N) is 1. The van der Waals surface area contributed by atoms with Crippen LogP contribution in [-0.2, 0) is 4.79 Å². The Hall–Kier alpha value is -3.26. The highest BCUT2D eigenvalue weighted by Crippen LogP contribution is 2.32. The highest BCUT2D eigenvalue weighted by atomic mass is 16.5. The van der Waals surface area contributed by atoms with Gasteiger partial charge in [-0.1, -0.05) is 32.0 Å². The molecule has 0 saturated heterocycles. The summed E-state index contributed by atoms with van der Waals surface area (Å²) in [6.07, 6.45) is 3.13. The lowest BCUT2D eigenvalue weighted by molar-refractivity contribution is -0.138. The van der Waals surface area contributed by atoms with Crippen LogP contribution in [0.2, 0.25) is 0 Å². The van der Waals surface area contributed by atoms with Gasteiger partial charge in [0.25, 0.3) is 0 Å². The van der Waals surface area contributed by atoms with E-state index in [4.69, 9.17) is 14.7 Å². The van der Waals surface area contributed by atoms with Crippen LogP contribution in [0.1, 0.15) is 43.9 Å². The number of ether oxygens (including phenoxy) is 2. The smallest absolute Gasteiger partial charge is 0.330 e. The Kier molecular flexibility index (Phi) is 8.78. The van der Waals surface area contributed by atoms with Crippen LogP contribution in [0.4, 0.5) is 5.69 Å². The van der Waals surface area contributed by atoms with Gasteiger partial charge >= 0.3 is 5.97 Å². The van der Waals surface area contributed by atoms with Crippen LogP contribution in [0.3, 0.4) is 0 Å². The lowest BCUT2D eigenvalue weighted by Gasteiger charge is -2.19. The largest absolute Gasteiger partial charge is 0.490 e. The van der Waals surface area contributed by atoms with Gasteiger partial charge in [0.05, 0.1) is 19.4 Å². The molecule has 1 unspecified atom stereocenters. The summed E-state index contributed by atoms with van der Waals surface area (Å²) in [7, 11) is 0. The fourth-order valence-corrected chi connectivity index (χ4v) is 2.58.